The van der Waals surface area contributed by atoms with Gasteiger partial charge >= 0.3 is 5.97 Å². The molecule has 0 saturated carbocycles. The molecule has 7 heteroatoms. The number of nitrogens with zero attached hydrogens (tertiary/aromatic N) is 2. The van der Waals surface area contributed by atoms with Crippen molar-refractivity contribution < 1.29 is 23.8 Å². The average Bonchev–Trinajstić information content (AvgIpc) is 3.41. The Balaban J connectivity index is 1.34. The van der Waals surface area contributed by atoms with Gasteiger partial charge in [0.1, 0.15) is 23.8 Å². The van der Waals surface area contributed by atoms with Gasteiger partial charge in [-0.25, -0.2) is 9.37 Å². The average molecular weight is 497 g/mol. The van der Waals surface area contributed by atoms with E-state index in [0.29, 0.717) is 37.4 Å². The van der Waals surface area contributed by atoms with Crippen molar-refractivity contribution in [3.05, 3.63) is 102 Å². The second-order valence-electron chi connectivity index (χ2n) is 9.39. The molecule has 6 nitrogen and oxygen atoms in total. The molecule has 0 aliphatic carbocycles. The van der Waals surface area contributed by atoms with Crippen molar-refractivity contribution in [3.8, 4) is 16.9 Å². The summed E-state index contributed by atoms with van der Waals surface area (Å²) in [5.41, 5.74) is 4.16. The van der Waals surface area contributed by atoms with Crippen LogP contribution in [0, 0.1) is 5.82 Å². The zero-order valence-corrected chi connectivity index (χ0v) is 20.1. The number of halogens is 1. The van der Waals surface area contributed by atoms with Crippen LogP contribution in [-0.2, 0) is 21.6 Å². The SMILES string of the molecule is O=C(O)C1(c2cc(F)cc(OCc3ccc4c(-c5ccccc5)cc5nccn5c4c3)c2)CCOCC1. The first-order valence-corrected chi connectivity index (χ1v) is 12.2. The van der Waals surface area contributed by atoms with E-state index >= 15 is 0 Å². The topological polar surface area (TPSA) is 73.1 Å². The van der Waals surface area contributed by atoms with E-state index in [1.54, 1.807) is 12.3 Å². The fraction of sp³-hybridized carbons (Fsp3) is 0.200. The number of rotatable bonds is 6. The van der Waals surface area contributed by atoms with Crippen LogP contribution >= 0.6 is 0 Å². The molecule has 1 N–H and O–H groups in total. The van der Waals surface area contributed by atoms with Gasteiger partial charge in [0.05, 0.1) is 10.9 Å². The molecule has 1 aliphatic rings. The Morgan fingerprint density at radius 1 is 1.05 bits per heavy atom. The summed E-state index contributed by atoms with van der Waals surface area (Å²) in [5, 5.41) is 11.1. The Labute approximate surface area is 212 Å². The summed E-state index contributed by atoms with van der Waals surface area (Å²) in [5.74, 6) is -1.20. The molecule has 0 bridgehead atoms. The van der Waals surface area contributed by atoms with Crippen molar-refractivity contribution in [2.75, 3.05) is 13.2 Å². The minimum absolute atomic E-state index is 0.202. The molecule has 0 unspecified atom stereocenters. The van der Waals surface area contributed by atoms with Crippen LogP contribution in [0.2, 0.25) is 0 Å². The molecule has 1 fully saturated rings. The highest BCUT2D eigenvalue weighted by Gasteiger charge is 2.42. The van der Waals surface area contributed by atoms with Crippen LogP contribution in [0.3, 0.4) is 0 Å². The second kappa shape index (κ2) is 9.33. The third-order valence-corrected chi connectivity index (χ3v) is 7.22. The first-order chi connectivity index (χ1) is 18.0. The number of ether oxygens (including phenoxy) is 2. The highest BCUT2D eigenvalue weighted by Crippen LogP contribution is 2.37. The van der Waals surface area contributed by atoms with Gasteiger partial charge in [0.25, 0.3) is 0 Å². The molecule has 3 heterocycles. The molecule has 0 spiro atoms. The molecule has 37 heavy (non-hydrogen) atoms. The number of benzene rings is 3. The highest BCUT2D eigenvalue weighted by molar-refractivity contribution is 5.97. The molecule has 186 valence electrons. The van der Waals surface area contributed by atoms with Gasteiger partial charge in [0.2, 0.25) is 0 Å². The molecule has 0 atom stereocenters. The molecule has 0 radical (unpaired) electrons. The largest absolute Gasteiger partial charge is 0.489 e. The van der Waals surface area contributed by atoms with E-state index in [4.69, 9.17) is 9.47 Å². The van der Waals surface area contributed by atoms with Crippen molar-refractivity contribution in [1.29, 1.82) is 0 Å². The van der Waals surface area contributed by atoms with E-state index in [1.165, 1.54) is 12.1 Å². The first kappa shape index (κ1) is 23.2. The molecule has 2 aromatic heterocycles. The molecular weight excluding hydrogens is 471 g/mol. The molecular formula is C30H25FN2O4. The van der Waals surface area contributed by atoms with E-state index in [1.807, 2.05) is 40.9 Å². The van der Waals surface area contributed by atoms with Gasteiger partial charge < -0.3 is 14.6 Å². The lowest BCUT2D eigenvalue weighted by atomic mass is 9.74. The standard InChI is InChI=1S/C30H25FN2O4/c31-23-15-22(30(29(34)35)8-12-36-13-9-30)16-24(17-23)37-19-20-6-7-25-26(21-4-2-1-3-5-21)18-28-32-10-11-33(28)27(25)14-20/h1-7,10-11,14-18H,8-9,12-13,19H2,(H,34,35). The number of fused-ring (bicyclic) bond motifs is 3. The van der Waals surface area contributed by atoms with E-state index in [-0.39, 0.29) is 6.61 Å². The first-order valence-electron chi connectivity index (χ1n) is 12.2. The molecule has 6 rings (SSSR count). The number of aliphatic carboxylic acids is 1. The summed E-state index contributed by atoms with van der Waals surface area (Å²) in [4.78, 5) is 16.7. The molecule has 1 aliphatic heterocycles. The maximum Gasteiger partial charge on any atom is 0.314 e. The van der Waals surface area contributed by atoms with Gasteiger partial charge in [-0.05, 0) is 59.4 Å². The van der Waals surface area contributed by atoms with Gasteiger partial charge in [-0.2, -0.15) is 0 Å². The number of hydrogen-bond acceptors (Lipinski definition) is 4. The summed E-state index contributed by atoms with van der Waals surface area (Å²) in [6, 6.07) is 22.6. The Morgan fingerprint density at radius 2 is 1.86 bits per heavy atom. The van der Waals surface area contributed by atoms with Crippen molar-refractivity contribution in [3.63, 3.8) is 0 Å². The maximum atomic E-state index is 14.6. The van der Waals surface area contributed by atoms with Gasteiger partial charge in [0, 0.05) is 37.1 Å². The van der Waals surface area contributed by atoms with Crippen molar-refractivity contribution in [1.82, 2.24) is 9.38 Å². The van der Waals surface area contributed by atoms with Crippen molar-refractivity contribution in [2.45, 2.75) is 24.9 Å². The van der Waals surface area contributed by atoms with Crippen LogP contribution in [0.25, 0.3) is 27.7 Å². The fourth-order valence-corrected chi connectivity index (χ4v) is 5.22. The minimum Gasteiger partial charge on any atom is -0.489 e. The second-order valence-corrected chi connectivity index (χ2v) is 9.39. The predicted octanol–water partition coefficient (Wildman–Crippen LogP) is 6.01. The van der Waals surface area contributed by atoms with Crippen LogP contribution in [0.5, 0.6) is 5.75 Å². The number of aromatic nitrogens is 2. The predicted molar refractivity (Wildman–Crippen MR) is 138 cm³/mol. The van der Waals surface area contributed by atoms with Crippen LogP contribution in [0.4, 0.5) is 4.39 Å². The van der Waals surface area contributed by atoms with Crippen molar-refractivity contribution in [2.24, 2.45) is 0 Å². The quantitative estimate of drug-likeness (QED) is 0.312. The maximum absolute atomic E-state index is 14.6. The monoisotopic (exact) mass is 496 g/mol. The van der Waals surface area contributed by atoms with E-state index in [9.17, 15) is 14.3 Å². The van der Waals surface area contributed by atoms with Crippen LogP contribution in [-0.4, -0.2) is 33.7 Å². The van der Waals surface area contributed by atoms with E-state index in [0.717, 1.165) is 33.2 Å². The number of carboxylic acid groups (broad SMARTS) is 1. The van der Waals surface area contributed by atoms with Crippen LogP contribution in [0.15, 0.2) is 85.2 Å². The van der Waals surface area contributed by atoms with Crippen LogP contribution < -0.4 is 4.74 Å². The Bertz CT molecular complexity index is 1610. The summed E-state index contributed by atoms with van der Waals surface area (Å²) in [6.07, 6.45) is 4.28. The molecule has 0 amide bonds. The van der Waals surface area contributed by atoms with Crippen molar-refractivity contribution >= 4 is 22.5 Å². The van der Waals surface area contributed by atoms with Gasteiger partial charge in [-0.15, -0.1) is 0 Å². The van der Waals surface area contributed by atoms with Gasteiger partial charge in [-0.3, -0.25) is 9.20 Å². The number of carbonyl (C=O) groups is 1. The Hall–Kier alpha value is -4.23. The lowest BCUT2D eigenvalue weighted by Gasteiger charge is -2.33. The third kappa shape index (κ3) is 4.21. The Morgan fingerprint density at radius 3 is 2.65 bits per heavy atom. The normalized spacial score (nSPS) is 15.2. The zero-order chi connectivity index (χ0) is 25.4. The molecule has 1 saturated heterocycles. The van der Waals surface area contributed by atoms with E-state index in [2.05, 4.69) is 29.2 Å². The summed E-state index contributed by atoms with van der Waals surface area (Å²) in [7, 11) is 0. The lowest BCUT2D eigenvalue weighted by molar-refractivity contribution is -0.147. The summed E-state index contributed by atoms with van der Waals surface area (Å²) in [6.45, 7) is 0.849. The van der Waals surface area contributed by atoms with Crippen LogP contribution in [0.1, 0.15) is 24.0 Å². The minimum atomic E-state index is -1.18. The molecule has 3 aromatic carbocycles. The van der Waals surface area contributed by atoms with Gasteiger partial charge in [0.15, 0.2) is 0 Å². The fourth-order valence-electron chi connectivity index (χ4n) is 5.22. The lowest BCUT2D eigenvalue weighted by Crippen LogP contribution is -2.41. The molecule has 5 aromatic rings. The number of imidazole rings is 1. The third-order valence-electron chi connectivity index (χ3n) is 7.22. The number of pyridine rings is 1. The summed E-state index contributed by atoms with van der Waals surface area (Å²) < 4.78 is 28.0. The van der Waals surface area contributed by atoms with Gasteiger partial charge in [-0.1, -0.05) is 42.5 Å². The Kier molecular flexibility index (Phi) is 5.85. The van der Waals surface area contributed by atoms with E-state index < -0.39 is 17.2 Å². The number of carboxylic acids is 1. The summed E-state index contributed by atoms with van der Waals surface area (Å²) >= 11 is 0. The smallest absolute Gasteiger partial charge is 0.314 e. The highest BCUT2D eigenvalue weighted by atomic mass is 19.1. The number of hydrogen-bond donors (Lipinski definition) is 1. The zero-order valence-electron chi connectivity index (χ0n) is 20.1.